The maximum Gasteiger partial charge on any atom is 0.115 e. The SMILES string of the molecule is NC[C@H](N)c1ccc(-c2cncnc2)cc1. The molecule has 2 aromatic rings. The molecule has 1 atom stereocenters. The Hall–Kier alpha value is -1.78. The van der Waals surface area contributed by atoms with Crippen molar-refractivity contribution in [1.82, 2.24) is 9.97 Å². The van der Waals surface area contributed by atoms with E-state index < -0.39 is 0 Å². The van der Waals surface area contributed by atoms with Crippen molar-refractivity contribution in [3.05, 3.63) is 48.5 Å². The van der Waals surface area contributed by atoms with Crippen molar-refractivity contribution in [2.24, 2.45) is 11.5 Å². The minimum atomic E-state index is -0.0962. The largest absolute Gasteiger partial charge is 0.329 e. The summed E-state index contributed by atoms with van der Waals surface area (Å²) in [6.07, 6.45) is 5.08. The van der Waals surface area contributed by atoms with Gasteiger partial charge in [-0.15, -0.1) is 0 Å². The van der Waals surface area contributed by atoms with E-state index in [0.717, 1.165) is 16.7 Å². The Labute approximate surface area is 94.3 Å². The molecule has 1 aromatic heterocycles. The highest BCUT2D eigenvalue weighted by atomic mass is 14.8. The van der Waals surface area contributed by atoms with Gasteiger partial charge in [0.15, 0.2) is 0 Å². The number of benzene rings is 1. The van der Waals surface area contributed by atoms with E-state index in [1.807, 2.05) is 24.3 Å². The van der Waals surface area contributed by atoms with E-state index in [-0.39, 0.29) is 6.04 Å². The molecule has 0 amide bonds. The van der Waals surface area contributed by atoms with Crippen LogP contribution in [-0.2, 0) is 0 Å². The number of nitrogens with two attached hydrogens (primary N) is 2. The number of aromatic nitrogens is 2. The first-order valence-corrected chi connectivity index (χ1v) is 5.12. The molecule has 0 aliphatic heterocycles. The summed E-state index contributed by atoms with van der Waals surface area (Å²) in [7, 11) is 0. The fourth-order valence-corrected chi connectivity index (χ4v) is 1.51. The molecule has 0 fully saturated rings. The van der Waals surface area contributed by atoms with E-state index in [1.54, 1.807) is 12.4 Å². The third-order valence-electron chi connectivity index (χ3n) is 2.49. The molecule has 1 aromatic carbocycles. The van der Waals surface area contributed by atoms with Gasteiger partial charge in [0.05, 0.1) is 0 Å². The van der Waals surface area contributed by atoms with Crippen LogP contribution in [0.15, 0.2) is 43.0 Å². The van der Waals surface area contributed by atoms with Crippen LogP contribution < -0.4 is 11.5 Å². The molecule has 82 valence electrons. The quantitative estimate of drug-likeness (QED) is 0.802. The predicted octanol–water partition coefficient (Wildman–Crippen LogP) is 1.10. The minimum absolute atomic E-state index is 0.0962. The van der Waals surface area contributed by atoms with Gasteiger partial charge in [0.1, 0.15) is 6.33 Å². The van der Waals surface area contributed by atoms with Gasteiger partial charge >= 0.3 is 0 Å². The Morgan fingerprint density at radius 3 is 2.19 bits per heavy atom. The summed E-state index contributed by atoms with van der Waals surface area (Å²) >= 11 is 0. The lowest BCUT2D eigenvalue weighted by molar-refractivity contribution is 0.737. The standard InChI is InChI=1S/C12H14N4/c13-5-12(14)10-3-1-9(2-4-10)11-6-15-8-16-7-11/h1-4,6-8,12H,5,13-14H2/t12-/m0/s1. The molecule has 4 N–H and O–H groups in total. The van der Waals surface area contributed by atoms with E-state index in [1.165, 1.54) is 6.33 Å². The van der Waals surface area contributed by atoms with Crippen molar-refractivity contribution in [2.45, 2.75) is 6.04 Å². The van der Waals surface area contributed by atoms with Crippen molar-refractivity contribution < 1.29 is 0 Å². The molecule has 0 saturated heterocycles. The van der Waals surface area contributed by atoms with Gasteiger partial charge in [-0.3, -0.25) is 0 Å². The highest BCUT2D eigenvalue weighted by molar-refractivity contribution is 5.61. The van der Waals surface area contributed by atoms with Crippen LogP contribution in [0.3, 0.4) is 0 Å². The minimum Gasteiger partial charge on any atom is -0.329 e. The lowest BCUT2D eigenvalue weighted by Crippen LogP contribution is -2.20. The Morgan fingerprint density at radius 2 is 1.62 bits per heavy atom. The molecule has 16 heavy (non-hydrogen) atoms. The van der Waals surface area contributed by atoms with Crippen LogP contribution in [0.25, 0.3) is 11.1 Å². The molecule has 0 aliphatic rings. The molecule has 0 unspecified atom stereocenters. The predicted molar refractivity (Wildman–Crippen MR) is 63.5 cm³/mol. The van der Waals surface area contributed by atoms with Crippen LogP contribution in [-0.4, -0.2) is 16.5 Å². The summed E-state index contributed by atoms with van der Waals surface area (Å²) in [5.41, 5.74) is 14.5. The second-order valence-corrected chi connectivity index (χ2v) is 3.59. The van der Waals surface area contributed by atoms with Crippen molar-refractivity contribution in [3.8, 4) is 11.1 Å². The van der Waals surface area contributed by atoms with Crippen LogP contribution >= 0.6 is 0 Å². The van der Waals surface area contributed by atoms with Crippen molar-refractivity contribution in [3.63, 3.8) is 0 Å². The maximum absolute atomic E-state index is 5.83. The van der Waals surface area contributed by atoms with Crippen LogP contribution in [0.1, 0.15) is 11.6 Å². The van der Waals surface area contributed by atoms with E-state index in [0.29, 0.717) is 6.54 Å². The fraction of sp³-hybridized carbons (Fsp3) is 0.167. The smallest absolute Gasteiger partial charge is 0.115 e. The summed E-state index contributed by atoms with van der Waals surface area (Å²) in [5, 5.41) is 0. The average Bonchev–Trinajstić information content (AvgIpc) is 2.39. The number of rotatable bonds is 3. The third kappa shape index (κ3) is 2.24. The Balaban J connectivity index is 2.26. The Bertz CT molecular complexity index is 438. The zero-order chi connectivity index (χ0) is 11.4. The zero-order valence-electron chi connectivity index (χ0n) is 8.88. The van der Waals surface area contributed by atoms with Gasteiger partial charge in [-0.05, 0) is 11.1 Å². The molecule has 2 rings (SSSR count). The monoisotopic (exact) mass is 214 g/mol. The number of hydrogen-bond acceptors (Lipinski definition) is 4. The molecule has 4 nitrogen and oxygen atoms in total. The summed E-state index contributed by atoms with van der Waals surface area (Å²) < 4.78 is 0. The first-order valence-electron chi connectivity index (χ1n) is 5.12. The summed E-state index contributed by atoms with van der Waals surface area (Å²) in [6.45, 7) is 0.452. The molecular formula is C12H14N4. The first kappa shape index (κ1) is 10.7. The van der Waals surface area contributed by atoms with Gasteiger partial charge in [-0.2, -0.15) is 0 Å². The molecular weight excluding hydrogens is 200 g/mol. The van der Waals surface area contributed by atoms with Gasteiger partial charge in [0.25, 0.3) is 0 Å². The number of nitrogens with zero attached hydrogens (tertiary/aromatic N) is 2. The summed E-state index contributed by atoms with van der Waals surface area (Å²) in [4.78, 5) is 7.96. The molecule has 0 aliphatic carbocycles. The summed E-state index contributed by atoms with van der Waals surface area (Å²) in [6, 6.07) is 7.88. The fourth-order valence-electron chi connectivity index (χ4n) is 1.51. The van der Waals surface area contributed by atoms with E-state index >= 15 is 0 Å². The van der Waals surface area contributed by atoms with Gasteiger partial charge in [-0.25, -0.2) is 9.97 Å². The van der Waals surface area contributed by atoms with E-state index in [9.17, 15) is 0 Å². The molecule has 4 heteroatoms. The second kappa shape index (κ2) is 4.83. The summed E-state index contributed by atoms with van der Waals surface area (Å²) in [5.74, 6) is 0. The zero-order valence-corrected chi connectivity index (χ0v) is 8.88. The van der Waals surface area contributed by atoms with E-state index in [2.05, 4.69) is 9.97 Å². The first-order chi connectivity index (χ1) is 7.81. The van der Waals surface area contributed by atoms with Crippen molar-refractivity contribution in [1.29, 1.82) is 0 Å². The second-order valence-electron chi connectivity index (χ2n) is 3.59. The molecule has 1 heterocycles. The van der Waals surface area contributed by atoms with Gasteiger partial charge in [0, 0.05) is 30.5 Å². The van der Waals surface area contributed by atoms with Crippen LogP contribution in [0.4, 0.5) is 0 Å². The van der Waals surface area contributed by atoms with Crippen molar-refractivity contribution in [2.75, 3.05) is 6.54 Å². The molecule has 0 spiro atoms. The Morgan fingerprint density at radius 1 is 1.00 bits per heavy atom. The number of hydrogen-bond donors (Lipinski definition) is 2. The third-order valence-corrected chi connectivity index (χ3v) is 2.49. The lowest BCUT2D eigenvalue weighted by Gasteiger charge is -2.09. The molecule has 0 saturated carbocycles. The molecule has 0 bridgehead atoms. The van der Waals surface area contributed by atoms with E-state index in [4.69, 9.17) is 11.5 Å². The van der Waals surface area contributed by atoms with Gasteiger partial charge in [-0.1, -0.05) is 24.3 Å². The Kier molecular flexibility index (Phi) is 3.24. The lowest BCUT2D eigenvalue weighted by atomic mass is 10.0. The molecule has 0 radical (unpaired) electrons. The van der Waals surface area contributed by atoms with Crippen LogP contribution in [0.5, 0.6) is 0 Å². The topological polar surface area (TPSA) is 77.8 Å². The highest BCUT2D eigenvalue weighted by Crippen LogP contribution is 2.19. The van der Waals surface area contributed by atoms with Crippen molar-refractivity contribution >= 4 is 0 Å². The maximum atomic E-state index is 5.83. The van der Waals surface area contributed by atoms with Crippen LogP contribution in [0, 0.1) is 0 Å². The van der Waals surface area contributed by atoms with Crippen LogP contribution in [0.2, 0.25) is 0 Å². The normalized spacial score (nSPS) is 12.4. The van der Waals surface area contributed by atoms with Gasteiger partial charge < -0.3 is 11.5 Å². The van der Waals surface area contributed by atoms with Gasteiger partial charge in [0.2, 0.25) is 0 Å². The average molecular weight is 214 g/mol. The highest BCUT2D eigenvalue weighted by Gasteiger charge is 2.03.